The number of amides is 2. The number of methoxy groups -OCH3 is 1. The minimum absolute atomic E-state index is 0.0997. The number of oxime groups is 1. The number of amidine groups is 1. The molecule has 0 aliphatic carbocycles. The number of hydrogen-bond donors (Lipinski definition) is 3. The minimum Gasteiger partial charge on any atom is -0.497 e. The highest BCUT2D eigenvalue weighted by Crippen LogP contribution is 2.17. The SMILES string of the molecule is CCN(CC(C)C(N)=NO)C(=O)Nc1cccc(OC)c1. The first-order chi connectivity index (χ1) is 10.0. The van der Waals surface area contributed by atoms with Crippen LogP contribution in [0.25, 0.3) is 0 Å². The van der Waals surface area contributed by atoms with Gasteiger partial charge in [-0.05, 0) is 19.1 Å². The Balaban J connectivity index is 2.70. The van der Waals surface area contributed by atoms with E-state index in [-0.39, 0.29) is 17.8 Å². The summed E-state index contributed by atoms with van der Waals surface area (Å²) in [5, 5.41) is 14.4. The molecule has 0 fully saturated rings. The van der Waals surface area contributed by atoms with Crippen LogP contribution in [0.2, 0.25) is 0 Å². The molecule has 0 radical (unpaired) electrons. The number of carbonyl (C=O) groups is 1. The first kappa shape index (κ1) is 16.6. The molecule has 1 unspecified atom stereocenters. The average Bonchev–Trinajstić information content (AvgIpc) is 2.51. The van der Waals surface area contributed by atoms with E-state index < -0.39 is 0 Å². The van der Waals surface area contributed by atoms with Gasteiger partial charge in [-0.25, -0.2) is 4.79 Å². The van der Waals surface area contributed by atoms with Crippen molar-refractivity contribution in [1.29, 1.82) is 0 Å². The molecule has 0 heterocycles. The molecule has 7 nitrogen and oxygen atoms in total. The van der Waals surface area contributed by atoms with E-state index in [4.69, 9.17) is 15.7 Å². The van der Waals surface area contributed by atoms with Crippen LogP contribution < -0.4 is 15.8 Å². The molecular weight excluding hydrogens is 272 g/mol. The fraction of sp³-hybridized carbons (Fsp3) is 0.429. The third kappa shape index (κ3) is 4.87. The second-order valence-electron chi connectivity index (χ2n) is 4.63. The molecule has 0 aliphatic heterocycles. The van der Waals surface area contributed by atoms with Crippen LogP contribution in [-0.2, 0) is 0 Å². The maximum Gasteiger partial charge on any atom is 0.321 e. The second-order valence-corrected chi connectivity index (χ2v) is 4.63. The van der Waals surface area contributed by atoms with E-state index in [2.05, 4.69) is 10.5 Å². The topological polar surface area (TPSA) is 100 Å². The van der Waals surface area contributed by atoms with E-state index in [1.54, 1.807) is 43.2 Å². The van der Waals surface area contributed by atoms with Gasteiger partial charge in [0.2, 0.25) is 0 Å². The number of anilines is 1. The highest BCUT2D eigenvalue weighted by atomic mass is 16.5. The van der Waals surface area contributed by atoms with E-state index >= 15 is 0 Å². The van der Waals surface area contributed by atoms with Crippen LogP contribution in [0.15, 0.2) is 29.4 Å². The predicted octanol–water partition coefficient (Wildman–Crippen LogP) is 1.93. The summed E-state index contributed by atoms with van der Waals surface area (Å²) in [7, 11) is 1.57. The number of nitrogens with two attached hydrogens (primary N) is 1. The van der Waals surface area contributed by atoms with Gasteiger partial charge >= 0.3 is 6.03 Å². The quantitative estimate of drug-likeness (QED) is 0.323. The van der Waals surface area contributed by atoms with Crippen LogP contribution in [0.1, 0.15) is 13.8 Å². The van der Waals surface area contributed by atoms with Crippen molar-refractivity contribution in [3.63, 3.8) is 0 Å². The van der Waals surface area contributed by atoms with E-state index in [0.717, 1.165) is 0 Å². The van der Waals surface area contributed by atoms with Gasteiger partial charge < -0.3 is 25.9 Å². The van der Waals surface area contributed by atoms with Crippen LogP contribution >= 0.6 is 0 Å². The predicted molar refractivity (Wildman–Crippen MR) is 81.8 cm³/mol. The highest BCUT2D eigenvalue weighted by molar-refractivity contribution is 5.90. The van der Waals surface area contributed by atoms with Gasteiger partial charge in [0.1, 0.15) is 11.6 Å². The molecule has 4 N–H and O–H groups in total. The molecule has 0 aromatic heterocycles. The Bertz CT molecular complexity index is 505. The first-order valence-corrected chi connectivity index (χ1v) is 6.69. The van der Waals surface area contributed by atoms with E-state index in [9.17, 15) is 4.79 Å². The molecule has 0 saturated heterocycles. The summed E-state index contributed by atoms with van der Waals surface area (Å²) in [5.41, 5.74) is 6.18. The number of nitrogens with zero attached hydrogens (tertiary/aromatic N) is 2. The maximum atomic E-state index is 12.2. The Hall–Kier alpha value is -2.44. The van der Waals surface area contributed by atoms with Crippen LogP contribution in [0.5, 0.6) is 5.75 Å². The summed E-state index contributed by atoms with van der Waals surface area (Å²) >= 11 is 0. The van der Waals surface area contributed by atoms with Crippen molar-refractivity contribution in [3.05, 3.63) is 24.3 Å². The molecule has 0 saturated carbocycles. The molecule has 1 rings (SSSR count). The molecule has 0 aliphatic rings. The molecule has 7 heteroatoms. The van der Waals surface area contributed by atoms with E-state index in [0.29, 0.717) is 24.5 Å². The smallest absolute Gasteiger partial charge is 0.321 e. The summed E-state index contributed by atoms with van der Waals surface area (Å²) in [6.45, 7) is 4.53. The van der Waals surface area contributed by atoms with Crippen LogP contribution in [0.4, 0.5) is 10.5 Å². The van der Waals surface area contributed by atoms with Crippen LogP contribution in [0, 0.1) is 5.92 Å². The van der Waals surface area contributed by atoms with Crippen molar-refractivity contribution < 1.29 is 14.7 Å². The Kier molecular flexibility index (Phi) is 6.32. The summed E-state index contributed by atoms with van der Waals surface area (Å²) in [5.74, 6) is 0.537. The zero-order valence-electron chi connectivity index (χ0n) is 12.5. The van der Waals surface area contributed by atoms with Crippen LogP contribution in [0.3, 0.4) is 0 Å². The lowest BCUT2D eigenvalue weighted by molar-refractivity contribution is 0.210. The average molecular weight is 294 g/mol. The monoisotopic (exact) mass is 294 g/mol. The van der Waals surface area contributed by atoms with Gasteiger partial charge in [-0.1, -0.05) is 18.1 Å². The molecule has 0 bridgehead atoms. The van der Waals surface area contributed by atoms with Crippen molar-refractivity contribution in [3.8, 4) is 5.75 Å². The summed E-state index contributed by atoms with van der Waals surface area (Å²) in [6, 6.07) is 6.86. The van der Waals surface area contributed by atoms with E-state index in [1.807, 2.05) is 6.92 Å². The van der Waals surface area contributed by atoms with Gasteiger partial charge in [0.15, 0.2) is 0 Å². The number of nitrogens with one attached hydrogen (secondary N) is 1. The lowest BCUT2D eigenvalue weighted by atomic mass is 10.1. The maximum absolute atomic E-state index is 12.2. The number of urea groups is 1. The van der Waals surface area contributed by atoms with Gasteiger partial charge in [0.25, 0.3) is 0 Å². The van der Waals surface area contributed by atoms with Crippen molar-refractivity contribution in [1.82, 2.24) is 4.90 Å². The number of rotatable bonds is 6. The first-order valence-electron chi connectivity index (χ1n) is 6.69. The summed E-state index contributed by atoms with van der Waals surface area (Å²) < 4.78 is 5.11. The van der Waals surface area contributed by atoms with Gasteiger partial charge in [-0.2, -0.15) is 0 Å². The zero-order chi connectivity index (χ0) is 15.8. The van der Waals surface area contributed by atoms with Gasteiger partial charge in [0, 0.05) is 30.8 Å². The second kappa shape index (κ2) is 7.98. The number of ether oxygens (including phenoxy) is 1. The van der Waals surface area contributed by atoms with Crippen molar-refractivity contribution in [2.45, 2.75) is 13.8 Å². The largest absolute Gasteiger partial charge is 0.497 e. The zero-order valence-corrected chi connectivity index (χ0v) is 12.5. The molecule has 0 spiro atoms. The third-order valence-corrected chi connectivity index (χ3v) is 3.10. The molecular formula is C14H22N4O3. The van der Waals surface area contributed by atoms with Gasteiger partial charge in [-0.15, -0.1) is 0 Å². The van der Waals surface area contributed by atoms with Crippen LogP contribution in [-0.4, -0.2) is 42.2 Å². The molecule has 1 aromatic carbocycles. The molecule has 21 heavy (non-hydrogen) atoms. The lowest BCUT2D eigenvalue weighted by Crippen LogP contribution is -2.41. The fourth-order valence-corrected chi connectivity index (χ4v) is 1.78. The number of carbonyl (C=O) groups excluding carboxylic acids is 1. The Morgan fingerprint density at radius 2 is 2.29 bits per heavy atom. The standard InChI is InChI=1S/C14H22N4O3/c1-4-18(9-10(2)13(15)17-20)14(19)16-11-6-5-7-12(8-11)21-3/h5-8,10,20H,4,9H2,1-3H3,(H2,15,17)(H,16,19). The van der Waals surface area contributed by atoms with Crippen molar-refractivity contribution >= 4 is 17.6 Å². The highest BCUT2D eigenvalue weighted by Gasteiger charge is 2.17. The summed E-state index contributed by atoms with van der Waals surface area (Å²) in [4.78, 5) is 13.8. The van der Waals surface area contributed by atoms with Gasteiger partial charge in [0.05, 0.1) is 7.11 Å². The Labute approximate surface area is 124 Å². The fourth-order valence-electron chi connectivity index (χ4n) is 1.78. The van der Waals surface area contributed by atoms with E-state index in [1.165, 1.54) is 0 Å². The van der Waals surface area contributed by atoms with Gasteiger partial charge in [-0.3, -0.25) is 0 Å². The summed E-state index contributed by atoms with van der Waals surface area (Å²) in [6.07, 6.45) is 0. The van der Waals surface area contributed by atoms with Crippen molar-refractivity contribution in [2.24, 2.45) is 16.8 Å². The Morgan fingerprint density at radius 1 is 1.57 bits per heavy atom. The number of hydrogen-bond acceptors (Lipinski definition) is 4. The molecule has 1 aromatic rings. The minimum atomic E-state index is -0.247. The molecule has 1 atom stereocenters. The number of benzene rings is 1. The molecule has 116 valence electrons. The third-order valence-electron chi connectivity index (χ3n) is 3.10. The normalized spacial score (nSPS) is 12.6. The van der Waals surface area contributed by atoms with Crippen molar-refractivity contribution in [2.75, 3.05) is 25.5 Å². The Morgan fingerprint density at radius 3 is 2.86 bits per heavy atom. The molecule has 2 amide bonds. The lowest BCUT2D eigenvalue weighted by Gasteiger charge is -2.24.